The van der Waals surface area contributed by atoms with Crippen LogP contribution in [0.25, 0.3) is 22.3 Å². The van der Waals surface area contributed by atoms with Gasteiger partial charge in [0.05, 0.1) is 17.5 Å². The van der Waals surface area contributed by atoms with Crippen LogP contribution in [-0.2, 0) is 4.79 Å². The van der Waals surface area contributed by atoms with E-state index in [9.17, 15) is 4.79 Å². The van der Waals surface area contributed by atoms with Crippen molar-refractivity contribution in [2.75, 3.05) is 12.8 Å². The molecule has 0 saturated heterocycles. The Hall–Kier alpha value is -3.78. The van der Waals surface area contributed by atoms with Crippen molar-refractivity contribution in [3.05, 3.63) is 60.9 Å². The number of anilines is 1. The number of rotatable bonds is 10. The number of nitrogens with one attached hydrogen (secondary N) is 1. The van der Waals surface area contributed by atoms with Crippen LogP contribution >= 0.6 is 0 Å². The van der Waals surface area contributed by atoms with Crippen LogP contribution in [0.5, 0.6) is 11.5 Å². The van der Waals surface area contributed by atoms with Crippen molar-refractivity contribution in [3.8, 4) is 22.8 Å². The molecule has 1 saturated carbocycles. The van der Waals surface area contributed by atoms with Crippen molar-refractivity contribution < 1.29 is 9.53 Å². The molecule has 39 heavy (non-hydrogen) atoms. The molecule has 1 fully saturated rings. The van der Waals surface area contributed by atoms with Crippen LogP contribution in [0.2, 0.25) is 0 Å². The van der Waals surface area contributed by atoms with E-state index < -0.39 is 0 Å². The maximum absolute atomic E-state index is 12.9. The summed E-state index contributed by atoms with van der Waals surface area (Å²) in [5, 5.41) is 9.03. The van der Waals surface area contributed by atoms with Crippen molar-refractivity contribution in [3.63, 3.8) is 0 Å². The minimum absolute atomic E-state index is 0.0514. The molecule has 2 heterocycles. The average molecular weight is 527 g/mol. The fourth-order valence-corrected chi connectivity index (χ4v) is 5.66. The van der Waals surface area contributed by atoms with Gasteiger partial charge in [-0.25, -0.2) is 14.6 Å². The maximum Gasteiger partial charge on any atom is 0.164 e. The number of likely N-dealkylation sites (N-methyl/N-ethyl adjacent to an activating group) is 1. The average Bonchev–Trinajstić information content (AvgIpc) is 3.34. The van der Waals surface area contributed by atoms with Gasteiger partial charge in [0.15, 0.2) is 5.65 Å². The summed E-state index contributed by atoms with van der Waals surface area (Å²) in [5.41, 5.74) is 8.82. The van der Waals surface area contributed by atoms with Gasteiger partial charge in [-0.05, 0) is 87.4 Å². The molecule has 204 valence electrons. The molecule has 8 nitrogen and oxygen atoms in total. The number of carbonyl (C=O) groups excluding carboxylic acids is 1. The number of hydrogen-bond acceptors (Lipinski definition) is 7. The lowest BCUT2D eigenvalue weighted by atomic mass is 9.81. The number of nitrogen functional groups attached to an aromatic ring is 1. The summed E-state index contributed by atoms with van der Waals surface area (Å²) in [6, 6.07) is 17.7. The van der Waals surface area contributed by atoms with Gasteiger partial charge in [-0.15, -0.1) is 0 Å². The molecule has 0 spiro atoms. The van der Waals surface area contributed by atoms with Gasteiger partial charge in [0, 0.05) is 12.0 Å². The number of nitrogens with two attached hydrogens (primary N) is 1. The quantitative estimate of drug-likeness (QED) is 0.253. The third-order valence-corrected chi connectivity index (χ3v) is 7.72. The van der Waals surface area contributed by atoms with Crippen LogP contribution in [0.1, 0.15) is 58.4 Å². The van der Waals surface area contributed by atoms with E-state index in [0.717, 1.165) is 65.9 Å². The number of ketones is 1. The van der Waals surface area contributed by atoms with Crippen molar-refractivity contribution in [2.24, 2.45) is 11.8 Å². The number of hydrogen-bond donors (Lipinski definition) is 2. The van der Waals surface area contributed by atoms with E-state index in [-0.39, 0.29) is 12.1 Å². The largest absolute Gasteiger partial charge is 0.457 e. The third kappa shape index (κ3) is 6.11. The number of benzene rings is 2. The summed E-state index contributed by atoms with van der Waals surface area (Å²) in [6.07, 6.45) is 6.93. The molecule has 0 unspecified atom stereocenters. The van der Waals surface area contributed by atoms with E-state index in [0.29, 0.717) is 29.9 Å². The van der Waals surface area contributed by atoms with E-state index in [2.05, 4.69) is 29.1 Å². The fraction of sp³-hybridized carbons (Fsp3) is 0.419. The molecule has 8 heteroatoms. The van der Waals surface area contributed by atoms with Gasteiger partial charge in [0.2, 0.25) is 0 Å². The van der Waals surface area contributed by atoms with Gasteiger partial charge in [-0.2, -0.15) is 5.10 Å². The van der Waals surface area contributed by atoms with E-state index >= 15 is 0 Å². The third-order valence-electron chi connectivity index (χ3n) is 7.72. The van der Waals surface area contributed by atoms with Gasteiger partial charge in [-0.1, -0.05) is 32.0 Å². The minimum atomic E-state index is -0.0514. The van der Waals surface area contributed by atoms with Gasteiger partial charge < -0.3 is 15.8 Å². The predicted molar refractivity (Wildman–Crippen MR) is 155 cm³/mol. The Labute approximate surface area is 230 Å². The Morgan fingerprint density at radius 3 is 2.38 bits per heavy atom. The number of ether oxygens (including phenoxy) is 1. The molecular formula is C31H38N6O2. The van der Waals surface area contributed by atoms with E-state index in [1.54, 1.807) is 0 Å². The standard InChI is InChI=1S/C31H38N6O2/c1-20(2)17-26(33-3)27(38)18-21-9-13-23(14-10-21)37-31-28(30(32)34-19-35-31)29(36-37)22-11-15-25(16-12-22)39-24-7-5-4-6-8-24/h4-8,11-12,15-16,19-21,23,26,33H,9-10,13-14,17-18H2,1-3H3,(H2,32,34,35)/t21?,23?,26-/m0/s1. The first-order valence-corrected chi connectivity index (χ1v) is 13.9. The van der Waals surface area contributed by atoms with Crippen molar-refractivity contribution in [1.82, 2.24) is 25.1 Å². The highest BCUT2D eigenvalue weighted by Crippen LogP contribution is 2.39. The first kappa shape index (κ1) is 26.8. The molecule has 5 rings (SSSR count). The minimum Gasteiger partial charge on any atom is -0.457 e. The monoisotopic (exact) mass is 526 g/mol. The first-order chi connectivity index (χ1) is 18.9. The lowest BCUT2D eigenvalue weighted by Crippen LogP contribution is -2.36. The zero-order valence-corrected chi connectivity index (χ0v) is 23.0. The SMILES string of the molecule is CN[C@@H](CC(C)C)C(=O)CC1CCC(n2nc(-c3ccc(Oc4ccccc4)cc3)c3c(N)ncnc32)CC1. The second-order valence-electron chi connectivity index (χ2n) is 11.0. The molecule has 0 radical (unpaired) electrons. The summed E-state index contributed by atoms with van der Waals surface area (Å²) in [6.45, 7) is 4.32. The first-order valence-electron chi connectivity index (χ1n) is 13.9. The zero-order chi connectivity index (χ0) is 27.4. The second-order valence-corrected chi connectivity index (χ2v) is 11.0. The Bertz CT molecular complexity index is 1390. The molecule has 2 aromatic heterocycles. The van der Waals surface area contributed by atoms with Crippen LogP contribution in [-0.4, -0.2) is 38.6 Å². The summed E-state index contributed by atoms with van der Waals surface area (Å²) in [4.78, 5) is 21.8. The number of Topliss-reactive ketones (excluding diaryl/α,β-unsaturated/α-hetero) is 1. The van der Waals surface area contributed by atoms with Crippen LogP contribution in [0.4, 0.5) is 5.82 Å². The summed E-state index contributed by atoms with van der Waals surface area (Å²) < 4.78 is 7.99. The lowest BCUT2D eigenvalue weighted by molar-refractivity contribution is -0.122. The molecule has 3 N–H and O–H groups in total. The van der Waals surface area contributed by atoms with Crippen LogP contribution in [0, 0.1) is 11.8 Å². The number of aromatic nitrogens is 4. The number of carbonyl (C=O) groups is 1. The molecule has 2 aromatic carbocycles. The maximum atomic E-state index is 12.9. The Morgan fingerprint density at radius 2 is 1.72 bits per heavy atom. The molecule has 1 atom stereocenters. The van der Waals surface area contributed by atoms with E-state index in [1.807, 2.05) is 66.3 Å². The highest BCUT2D eigenvalue weighted by molar-refractivity contribution is 5.98. The molecule has 0 aliphatic heterocycles. The van der Waals surface area contributed by atoms with Crippen LogP contribution in [0.3, 0.4) is 0 Å². The predicted octanol–water partition coefficient (Wildman–Crippen LogP) is 6.19. The van der Waals surface area contributed by atoms with Crippen molar-refractivity contribution in [2.45, 2.75) is 64.5 Å². The topological polar surface area (TPSA) is 108 Å². The smallest absolute Gasteiger partial charge is 0.164 e. The highest BCUT2D eigenvalue weighted by Gasteiger charge is 2.29. The van der Waals surface area contributed by atoms with Gasteiger partial charge in [0.25, 0.3) is 0 Å². The van der Waals surface area contributed by atoms with Crippen molar-refractivity contribution >= 4 is 22.6 Å². The van der Waals surface area contributed by atoms with Crippen LogP contribution in [0.15, 0.2) is 60.9 Å². The van der Waals surface area contributed by atoms with Crippen molar-refractivity contribution in [1.29, 1.82) is 0 Å². The lowest BCUT2D eigenvalue weighted by Gasteiger charge is -2.29. The summed E-state index contributed by atoms with van der Waals surface area (Å²) in [5.74, 6) is 3.20. The number of fused-ring (bicyclic) bond motifs is 1. The Balaban J connectivity index is 1.32. The van der Waals surface area contributed by atoms with Gasteiger partial charge in [0.1, 0.15) is 35.1 Å². The summed E-state index contributed by atoms with van der Waals surface area (Å²) >= 11 is 0. The number of nitrogens with zero attached hydrogens (tertiary/aromatic N) is 4. The second kappa shape index (κ2) is 11.9. The van der Waals surface area contributed by atoms with E-state index in [4.69, 9.17) is 15.6 Å². The molecular weight excluding hydrogens is 488 g/mol. The molecule has 1 aliphatic carbocycles. The Morgan fingerprint density at radius 1 is 1.03 bits per heavy atom. The molecule has 1 aliphatic rings. The van der Waals surface area contributed by atoms with E-state index in [1.165, 1.54) is 6.33 Å². The highest BCUT2D eigenvalue weighted by atomic mass is 16.5. The molecule has 0 amide bonds. The van der Waals surface area contributed by atoms with Crippen LogP contribution < -0.4 is 15.8 Å². The molecule has 4 aromatic rings. The fourth-order valence-electron chi connectivity index (χ4n) is 5.66. The number of para-hydroxylation sites is 1. The van der Waals surface area contributed by atoms with Gasteiger partial charge >= 0.3 is 0 Å². The van der Waals surface area contributed by atoms with Gasteiger partial charge in [-0.3, -0.25) is 4.79 Å². The zero-order valence-electron chi connectivity index (χ0n) is 23.0. The Kier molecular flexibility index (Phi) is 8.21. The normalized spacial score (nSPS) is 18.4. The summed E-state index contributed by atoms with van der Waals surface area (Å²) in [7, 11) is 1.89. The molecule has 0 bridgehead atoms.